The highest BCUT2D eigenvalue weighted by Gasteiger charge is 2.24. The first-order valence-corrected chi connectivity index (χ1v) is 7.89. The van der Waals surface area contributed by atoms with Gasteiger partial charge in [0.05, 0.1) is 12.2 Å². The first-order chi connectivity index (χ1) is 11.5. The van der Waals surface area contributed by atoms with Crippen LogP contribution in [0.15, 0.2) is 42.5 Å². The SMILES string of the molecule is CC(=O)c1ccc2c(c1)N(C(=O)COc1ccc(Cl)cc1)CCO2. The van der Waals surface area contributed by atoms with Crippen molar-refractivity contribution in [1.82, 2.24) is 0 Å². The number of anilines is 1. The van der Waals surface area contributed by atoms with Crippen molar-refractivity contribution < 1.29 is 19.1 Å². The van der Waals surface area contributed by atoms with E-state index < -0.39 is 0 Å². The average Bonchev–Trinajstić information content (AvgIpc) is 2.60. The zero-order valence-electron chi connectivity index (χ0n) is 13.1. The molecule has 124 valence electrons. The minimum atomic E-state index is -0.199. The van der Waals surface area contributed by atoms with Crippen molar-refractivity contribution in [2.45, 2.75) is 6.92 Å². The molecule has 6 heteroatoms. The standard InChI is InChI=1S/C18H16ClNO4/c1-12(21)13-2-7-17-16(10-13)20(8-9-23-17)18(22)11-24-15-5-3-14(19)4-6-15/h2-7,10H,8-9,11H2,1H3. The van der Waals surface area contributed by atoms with Gasteiger partial charge in [-0.25, -0.2) is 0 Å². The van der Waals surface area contributed by atoms with Crippen LogP contribution in [0.25, 0.3) is 0 Å². The van der Waals surface area contributed by atoms with Gasteiger partial charge < -0.3 is 14.4 Å². The van der Waals surface area contributed by atoms with Gasteiger partial charge in [-0.1, -0.05) is 11.6 Å². The summed E-state index contributed by atoms with van der Waals surface area (Å²) in [6, 6.07) is 11.9. The van der Waals surface area contributed by atoms with E-state index in [1.807, 2.05) is 0 Å². The molecule has 0 aliphatic carbocycles. The molecule has 2 aromatic carbocycles. The Hall–Kier alpha value is -2.53. The summed E-state index contributed by atoms with van der Waals surface area (Å²) in [5.41, 5.74) is 1.13. The fourth-order valence-electron chi connectivity index (χ4n) is 2.45. The van der Waals surface area contributed by atoms with Crippen molar-refractivity contribution >= 4 is 29.0 Å². The molecule has 0 N–H and O–H groups in total. The summed E-state index contributed by atoms with van der Waals surface area (Å²) in [7, 11) is 0. The number of rotatable bonds is 4. The normalized spacial score (nSPS) is 13.0. The van der Waals surface area contributed by atoms with E-state index in [0.29, 0.717) is 40.9 Å². The third-order valence-electron chi connectivity index (χ3n) is 3.71. The minimum absolute atomic E-state index is 0.0619. The summed E-state index contributed by atoms with van der Waals surface area (Å²) in [5.74, 6) is 0.896. The number of ether oxygens (including phenoxy) is 2. The molecule has 0 saturated carbocycles. The molecule has 5 nitrogen and oxygen atoms in total. The Kier molecular flexibility index (Phi) is 4.71. The molecular formula is C18H16ClNO4. The van der Waals surface area contributed by atoms with E-state index >= 15 is 0 Å². The van der Waals surface area contributed by atoms with Gasteiger partial charge >= 0.3 is 0 Å². The largest absolute Gasteiger partial charge is 0.490 e. The van der Waals surface area contributed by atoms with Crippen LogP contribution in [0.4, 0.5) is 5.69 Å². The van der Waals surface area contributed by atoms with E-state index in [1.165, 1.54) is 6.92 Å². The van der Waals surface area contributed by atoms with Crippen molar-refractivity contribution in [3.63, 3.8) is 0 Å². The van der Waals surface area contributed by atoms with Crippen molar-refractivity contribution in [2.24, 2.45) is 0 Å². The molecule has 1 aliphatic rings. The third kappa shape index (κ3) is 3.51. The molecule has 0 spiro atoms. The lowest BCUT2D eigenvalue weighted by atomic mass is 10.1. The number of Topliss-reactive ketones (excluding diaryl/α,β-unsaturated/α-hetero) is 1. The Morgan fingerprint density at radius 2 is 1.96 bits per heavy atom. The Labute approximate surface area is 144 Å². The van der Waals surface area contributed by atoms with E-state index in [9.17, 15) is 9.59 Å². The fraction of sp³-hybridized carbons (Fsp3) is 0.222. The van der Waals surface area contributed by atoms with Gasteiger partial charge in [-0.05, 0) is 49.4 Å². The zero-order chi connectivity index (χ0) is 17.1. The Morgan fingerprint density at radius 1 is 1.21 bits per heavy atom. The lowest BCUT2D eigenvalue weighted by Crippen LogP contribution is -2.40. The molecule has 0 unspecified atom stereocenters. The second-order valence-electron chi connectivity index (χ2n) is 5.38. The Morgan fingerprint density at radius 3 is 2.67 bits per heavy atom. The second kappa shape index (κ2) is 6.93. The van der Waals surface area contributed by atoms with Crippen LogP contribution >= 0.6 is 11.6 Å². The summed E-state index contributed by atoms with van der Waals surface area (Å²) in [5, 5.41) is 0.604. The summed E-state index contributed by atoms with van der Waals surface area (Å²) in [6.45, 7) is 2.20. The van der Waals surface area contributed by atoms with Crippen molar-refractivity contribution in [3.05, 3.63) is 53.1 Å². The predicted molar refractivity (Wildman–Crippen MR) is 91.2 cm³/mol. The van der Waals surface area contributed by atoms with Gasteiger partial charge in [0.1, 0.15) is 18.1 Å². The molecule has 0 fully saturated rings. The van der Waals surface area contributed by atoms with Gasteiger partial charge in [0.15, 0.2) is 12.4 Å². The Bertz CT molecular complexity index is 773. The number of ketones is 1. The van der Waals surface area contributed by atoms with Gasteiger partial charge in [-0.15, -0.1) is 0 Å². The molecule has 0 bridgehead atoms. The quantitative estimate of drug-likeness (QED) is 0.797. The van der Waals surface area contributed by atoms with E-state index in [0.717, 1.165) is 0 Å². The number of carbonyl (C=O) groups is 2. The molecular weight excluding hydrogens is 330 g/mol. The monoisotopic (exact) mass is 345 g/mol. The van der Waals surface area contributed by atoms with Crippen LogP contribution in [-0.4, -0.2) is 31.4 Å². The van der Waals surface area contributed by atoms with E-state index in [-0.39, 0.29) is 18.3 Å². The number of hydrogen-bond acceptors (Lipinski definition) is 4. The molecule has 1 heterocycles. The number of carbonyl (C=O) groups excluding carboxylic acids is 2. The summed E-state index contributed by atoms with van der Waals surface area (Å²) < 4.78 is 11.1. The molecule has 24 heavy (non-hydrogen) atoms. The molecule has 0 atom stereocenters. The lowest BCUT2D eigenvalue weighted by Gasteiger charge is -2.29. The van der Waals surface area contributed by atoms with Crippen molar-refractivity contribution in [3.8, 4) is 11.5 Å². The van der Waals surface area contributed by atoms with Gasteiger partial charge in [0.25, 0.3) is 5.91 Å². The van der Waals surface area contributed by atoms with Crippen molar-refractivity contribution in [2.75, 3.05) is 24.7 Å². The van der Waals surface area contributed by atoms with E-state index in [1.54, 1.807) is 47.4 Å². The van der Waals surface area contributed by atoms with Gasteiger partial charge in [0.2, 0.25) is 0 Å². The van der Waals surface area contributed by atoms with Gasteiger partial charge in [0, 0.05) is 10.6 Å². The Balaban J connectivity index is 1.75. The minimum Gasteiger partial charge on any atom is -0.490 e. The van der Waals surface area contributed by atoms with E-state index in [4.69, 9.17) is 21.1 Å². The molecule has 0 aromatic heterocycles. The van der Waals surface area contributed by atoms with Crippen molar-refractivity contribution in [1.29, 1.82) is 0 Å². The topological polar surface area (TPSA) is 55.8 Å². The molecule has 2 aromatic rings. The van der Waals surface area contributed by atoms with Crippen LogP contribution in [0.5, 0.6) is 11.5 Å². The second-order valence-corrected chi connectivity index (χ2v) is 5.81. The van der Waals surface area contributed by atoms with Gasteiger partial charge in [-0.2, -0.15) is 0 Å². The van der Waals surface area contributed by atoms with Crippen LogP contribution < -0.4 is 14.4 Å². The molecule has 1 amide bonds. The molecule has 3 rings (SSSR count). The maximum absolute atomic E-state index is 12.5. The molecule has 0 radical (unpaired) electrons. The zero-order valence-corrected chi connectivity index (χ0v) is 13.9. The highest BCUT2D eigenvalue weighted by atomic mass is 35.5. The number of halogens is 1. The lowest BCUT2D eigenvalue weighted by molar-refractivity contribution is -0.120. The summed E-state index contributed by atoms with van der Waals surface area (Å²) >= 11 is 5.82. The summed E-state index contributed by atoms with van der Waals surface area (Å²) in [4.78, 5) is 25.7. The maximum atomic E-state index is 12.5. The van der Waals surface area contributed by atoms with E-state index in [2.05, 4.69) is 0 Å². The fourth-order valence-corrected chi connectivity index (χ4v) is 2.58. The molecule has 0 saturated heterocycles. The van der Waals surface area contributed by atoms with Gasteiger partial charge in [-0.3, -0.25) is 9.59 Å². The number of fused-ring (bicyclic) bond motifs is 1. The number of hydrogen-bond donors (Lipinski definition) is 0. The van der Waals surface area contributed by atoms with Crippen LogP contribution in [-0.2, 0) is 4.79 Å². The number of benzene rings is 2. The highest BCUT2D eigenvalue weighted by molar-refractivity contribution is 6.30. The van der Waals surface area contributed by atoms with Crippen LogP contribution in [0.2, 0.25) is 5.02 Å². The summed E-state index contributed by atoms with van der Waals surface area (Å²) in [6.07, 6.45) is 0. The molecule has 1 aliphatic heterocycles. The third-order valence-corrected chi connectivity index (χ3v) is 3.96. The highest BCUT2D eigenvalue weighted by Crippen LogP contribution is 2.32. The maximum Gasteiger partial charge on any atom is 0.265 e. The average molecular weight is 346 g/mol. The number of nitrogens with zero attached hydrogens (tertiary/aromatic N) is 1. The van der Waals surface area contributed by atoms with Crippen LogP contribution in [0.1, 0.15) is 17.3 Å². The smallest absolute Gasteiger partial charge is 0.265 e. The number of amides is 1. The first-order valence-electron chi connectivity index (χ1n) is 7.51. The van der Waals surface area contributed by atoms with Crippen LogP contribution in [0.3, 0.4) is 0 Å². The first kappa shape index (κ1) is 16.3. The van der Waals surface area contributed by atoms with Crippen LogP contribution in [0, 0.1) is 0 Å². The predicted octanol–water partition coefficient (Wildman–Crippen LogP) is 3.35.